The predicted molar refractivity (Wildman–Crippen MR) is 46.9 cm³/mol. The number of hydrogen-bond donors (Lipinski definition) is 2. The van der Waals surface area contributed by atoms with Gasteiger partial charge < -0.3 is 21.6 Å². The fourth-order valence-electron chi connectivity index (χ4n) is 0.861. The van der Waals surface area contributed by atoms with E-state index in [9.17, 15) is 10.1 Å². The lowest BCUT2D eigenvalue weighted by atomic mass is 10.1. The summed E-state index contributed by atoms with van der Waals surface area (Å²) in [5.74, 6) is -0.187. The van der Waals surface area contributed by atoms with E-state index < -0.39 is 4.92 Å². The van der Waals surface area contributed by atoms with Crippen molar-refractivity contribution in [2.75, 3.05) is 6.54 Å². The van der Waals surface area contributed by atoms with E-state index >= 15 is 0 Å². The fourth-order valence-corrected chi connectivity index (χ4v) is 0.861. The molecule has 0 spiro atoms. The highest BCUT2D eigenvalue weighted by Gasteiger charge is 2.09. The van der Waals surface area contributed by atoms with E-state index in [0.29, 0.717) is 12.1 Å². The Hall–Kier alpha value is -1.53. The summed E-state index contributed by atoms with van der Waals surface area (Å²) in [5, 5.41) is 10.2. The molecular weight excluding hydrogens is 172 g/mol. The molecule has 0 saturated heterocycles. The Morgan fingerprint density at radius 2 is 2.31 bits per heavy atom. The van der Waals surface area contributed by atoms with Crippen LogP contribution in [0, 0.1) is 10.1 Å². The smallest absolute Gasteiger partial charge is 0.358 e. The molecule has 1 rings (SSSR count). The highest BCUT2D eigenvalue weighted by Crippen LogP contribution is 2.11. The highest BCUT2D eigenvalue weighted by molar-refractivity contribution is 5.24. The van der Waals surface area contributed by atoms with Crippen LogP contribution in [0.1, 0.15) is 11.6 Å². The van der Waals surface area contributed by atoms with Crippen molar-refractivity contribution in [2.45, 2.75) is 6.04 Å². The molecule has 1 atom stereocenters. The molecule has 1 unspecified atom stereocenters. The van der Waals surface area contributed by atoms with Gasteiger partial charge in [0.25, 0.3) is 0 Å². The Morgan fingerprint density at radius 1 is 1.62 bits per heavy atom. The van der Waals surface area contributed by atoms with Crippen molar-refractivity contribution >= 4 is 5.82 Å². The molecule has 0 radical (unpaired) electrons. The first-order valence-corrected chi connectivity index (χ1v) is 3.71. The maximum atomic E-state index is 10.2. The predicted octanol–water partition coefficient (Wildman–Crippen LogP) is -0.0517. The number of nitrogens with two attached hydrogens (primary N) is 2. The van der Waals surface area contributed by atoms with Crippen molar-refractivity contribution in [3.8, 4) is 0 Å². The third kappa shape index (κ3) is 2.20. The fraction of sp³-hybridized carbons (Fsp3) is 0.286. The van der Waals surface area contributed by atoms with Crippen LogP contribution in [-0.2, 0) is 0 Å². The quantitative estimate of drug-likeness (QED) is 0.503. The first-order valence-electron chi connectivity index (χ1n) is 3.71. The molecule has 1 aromatic heterocycles. The second-order valence-corrected chi connectivity index (χ2v) is 2.55. The summed E-state index contributed by atoms with van der Waals surface area (Å²) in [4.78, 5) is 13.3. The number of pyridine rings is 1. The van der Waals surface area contributed by atoms with Crippen molar-refractivity contribution in [1.82, 2.24) is 4.98 Å². The van der Waals surface area contributed by atoms with Crippen LogP contribution in [0.5, 0.6) is 0 Å². The molecular formula is C7H10N4O2. The van der Waals surface area contributed by atoms with Gasteiger partial charge in [-0.1, -0.05) is 0 Å². The third-order valence-electron chi connectivity index (χ3n) is 1.64. The number of nitro groups is 1. The second kappa shape index (κ2) is 3.92. The average molecular weight is 182 g/mol. The lowest BCUT2D eigenvalue weighted by Crippen LogP contribution is -2.20. The topological polar surface area (TPSA) is 108 Å². The highest BCUT2D eigenvalue weighted by atomic mass is 16.6. The summed E-state index contributed by atoms with van der Waals surface area (Å²) in [6, 6.07) is 2.56. The molecule has 0 aliphatic heterocycles. The van der Waals surface area contributed by atoms with Crippen LogP contribution in [-0.4, -0.2) is 16.5 Å². The molecule has 0 aliphatic carbocycles. The molecule has 70 valence electrons. The van der Waals surface area contributed by atoms with Gasteiger partial charge in [0.15, 0.2) is 0 Å². The summed E-state index contributed by atoms with van der Waals surface area (Å²) < 4.78 is 0. The zero-order valence-corrected chi connectivity index (χ0v) is 6.88. The zero-order chi connectivity index (χ0) is 9.84. The van der Waals surface area contributed by atoms with Gasteiger partial charge in [-0.15, -0.1) is 0 Å². The maximum Gasteiger partial charge on any atom is 0.363 e. The van der Waals surface area contributed by atoms with Crippen LogP contribution in [0.3, 0.4) is 0 Å². The van der Waals surface area contributed by atoms with Gasteiger partial charge in [0, 0.05) is 24.2 Å². The van der Waals surface area contributed by atoms with Crippen LogP contribution < -0.4 is 11.5 Å². The molecule has 1 aromatic rings. The average Bonchev–Trinajstić information content (AvgIpc) is 2.17. The van der Waals surface area contributed by atoms with E-state index in [2.05, 4.69) is 4.98 Å². The number of hydrogen-bond acceptors (Lipinski definition) is 5. The van der Waals surface area contributed by atoms with E-state index in [1.165, 1.54) is 12.3 Å². The van der Waals surface area contributed by atoms with E-state index in [0.717, 1.165) is 0 Å². The zero-order valence-electron chi connectivity index (χ0n) is 6.88. The van der Waals surface area contributed by atoms with Crippen molar-refractivity contribution < 1.29 is 4.92 Å². The van der Waals surface area contributed by atoms with Crippen molar-refractivity contribution in [3.05, 3.63) is 34.0 Å². The largest absolute Gasteiger partial charge is 0.363 e. The van der Waals surface area contributed by atoms with Gasteiger partial charge in [0.1, 0.15) is 6.20 Å². The monoisotopic (exact) mass is 182 g/mol. The summed E-state index contributed by atoms with van der Waals surface area (Å²) in [6.07, 6.45) is 1.37. The number of nitrogens with zero attached hydrogens (tertiary/aromatic N) is 2. The first-order chi connectivity index (χ1) is 6.15. The van der Waals surface area contributed by atoms with E-state index in [1.54, 1.807) is 6.07 Å². The molecule has 0 saturated carbocycles. The minimum Gasteiger partial charge on any atom is -0.358 e. The Morgan fingerprint density at radius 3 is 2.69 bits per heavy atom. The summed E-state index contributed by atoms with van der Waals surface area (Å²) in [7, 11) is 0. The molecule has 0 aliphatic rings. The van der Waals surface area contributed by atoms with Gasteiger partial charge in [-0.2, -0.15) is 0 Å². The van der Waals surface area contributed by atoms with Gasteiger partial charge >= 0.3 is 5.82 Å². The van der Waals surface area contributed by atoms with Gasteiger partial charge in [0.2, 0.25) is 0 Å². The molecule has 0 fully saturated rings. The van der Waals surface area contributed by atoms with Crippen LogP contribution in [0.4, 0.5) is 5.82 Å². The normalized spacial score (nSPS) is 12.5. The minimum atomic E-state index is -0.558. The maximum absolute atomic E-state index is 10.2. The van der Waals surface area contributed by atoms with Crippen molar-refractivity contribution in [2.24, 2.45) is 11.5 Å². The molecule has 4 N–H and O–H groups in total. The number of rotatable bonds is 3. The second-order valence-electron chi connectivity index (χ2n) is 2.55. The Bertz CT molecular complexity index is 298. The van der Waals surface area contributed by atoms with Crippen molar-refractivity contribution in [3.63, 3.8) is 0 Å². The van der Waals surface area contributed by atoms with Crippen molar-refractivity contribution in [1.29, 1.82) is 0 Å². The van der Waals surface area contributed by atoms with Gasteiger partial charge in [-0.25, -0.2) is 0 Å². The molecule has 6 heteroatoms. The van der Waals surface area contributed by atoms with Crippen LogP contribution in [0.25, 0.3) is 0 Å². The summed E-state index contributed by atoms with van der Waals surface area (Å²) >= 11 is 0. The Labute approximate surface area is 74.7 Å². The Balaban J connectivity index is 2.87. The summed E-state index contributed by atoms with van der Waals surface area (Å²) in [6.45, 7) is 0.291. The third-order valence-corrected chi connectivity index (χ3v) is 1.64. The molecule has 6 nitrogen and oxygen atoms in total. The Kier molecular flexibility index (Phi) is 2.88. The van der Waals surface area contributed by atoms with E-state index in [-0.39, 0.29) is 11.9 Å². The molecule has 13 heavy (non-hydrogen) atoms. The van der Waals surface area contributed by atoms with Gasteiger partial charge in [0.05, 0.1) is 0 Å². The lowest BCUT2D eigenvalue weighted by Gasteiger charge is -2.05. The SMILES string of the molecule is NCC(N)c1ccc([N+](=O)[O-])nc1. The molecule has 0 aromatic carbocycles. The number of aromatic nitrogens is 1. The van der Waals surface area contributed by atoms with E-state index in [4.69, 9.17) is 11.5 Å². The minimum absolute atomic E-state index is 0.187. The van der Waals surface area contributed by atoms with E-state index in [1.807, 2.05) is 0 Å². The molecule has 0 amide bonds. The van der Waals surface area contributed by atoms with Crippen LogP contribution >= 0.6 is 0 Å². The lowest BCUT2D eigenvalue weighted by molar-refractivity contribution is -0.389. The van der Waals surface area contributed by atoms with Crippen LogP contribution in [0.15, 0.2) is 18.3 Å². The van der Waals surface area contributed by atoms with Gasteiger partial charge in [-0.05, 0) is 16.0 Å². The molecule has 0 bridgehead atoms. The first kappa shape index (κ1) is 9.56. The molecule has 1 heterocycles. The van der Waals surface area contributed by atoms with Gasteiger partial charge in [-0.3, -0.25) is 0 Å². The summed E-state index contributed by atoms with van der Waals surface area (Å²) in [5.41, 5.74) is 11.6. The standard InChI is InChI=1S/C7H10N4O2/c8-3-6(9)5-1-2-7(10-4-5)11(12)13/h1-2,4,6H,3,8-9H2. The van der Waals surface area contributed by atoms with Crippen LogP contribution in [0.2, 0.25) is 0 Å².